The highest BCUT2D eigenvalue weighted by Crippen LogP contribution is 2.10. The Kier molecular flexibility index (Phi) is 11.1. The Hall–Kier alpha value is -1.55. The van der Waals surface area contributed by atoms with Crippen LogP contribution in [0.3, 0.4) is 0 Å². The van der Waals surface area contributed by atoms with Crippen LogP contribution in [0.15, 0.2) is 30.3 Å². The summed E-state index contributed by atoms with van der Waals surface area (Å²) in [4.78, 5) is 13.4. The lowest BCUT2D eigenvalue weighted by Gasteiger charge is -2.26. The number of ether oxygens (including phenoxy) is 1. The lowest BCUT2D eigenvalue weighted by Crippen LogP contribution is -2.38. The van der Waals surface area contributed by atoms with Crippen molar-refractivity contribution in [3.63, 3.8) is 0 Å². The molecule has 132 valence electrons. The van der Waals surface area contributed by atoms with Crippen molar-refractivity contribution in [2.75, 3.05) is 26.2 Å². The molecule has 2 rings (SSSR count). The Bertz CT molecular complexity index is 405. The van der Waals surface area contributed by atoms with Gasteiger partial charge in [-0.3, -0.25) is 0 Å². The first-order chi connectivity index (χ1) is 10.9. The van der Waals surface area contributed by atoms with Gasteiger partial charge in [0.15, 0.2) is 0 Å². The highest BCUT2D eigenvalue weighted by molar-refractivity contribution is 5.68. The van der Waals surface area contributed by atoms with Gasteiger partial charge < -0.3 is 15.0 Å². The fourth-order valence-electron chi connectivity index (χ4n) is 1.89. The van der Waals surface area contributed by atoms with Crippen LogP contribution in [0.5, 0.6) is 0 Å². The Morgan fingerprint density at radius 1 is 1.09 bits per heavy atom. The molecule has 1 aromatic carbocycles. The van der Waals surface area contributed by atoms with Crippen molar-refractivity contribution < 1.29 is 9.53 Å². The zero-order chi connectivity index (χ0) is 17.7. The summed E-state index contributed by atoms with van der Waals surface area (Å²) in [5.74, 6) is 0. The van der Waals surface area contributed by atoms with E-state index < -0.39 is 5.60 Å². The molecule has 0 aliphatic carbocycles. The van der Waals surface area contributed by atoms with Crippen molar-refractivity contribution in [3.8, 4) is 0 Å². The van der Waals surface area contributed by atoms with Gasteiger partial charge in [-0.05, 0) is 40.7 Å². The standard InChI is InChI=1S/C10H20N2O2.C7H8.C2H6/c1-10(2,3)14-9(13)12-7-4-5-11-6-8-12;1-7-5-3-2-4-6-7;1-2/h11H,4-8H2,1-3H3;2-6H,1H3;1-2H3. The molecule has 1 aliphatic rings. The van der Waals surface area contributed by atoms with E-state index in [0.29, 0.717) is 0 Å². The maximum atomic E-state index is 11.6. The lowest BCUT2D eigenvalue weighted by molar-refractivity contribution is 0.0262. The molecular weight excluding hydrogens is 288 g/mol. The maximum Gasteiger partial charge on any atom is 0.410 e. The van der Waals surface area contributed by atoms with Crippen LogP contribution in [0.4, 0.5) is 4.79 Å². The molecule has 0 aromatic heterocycles. The number of nitrogens with one attached hydrogen (secondary N) is 1. The monoisotopic (exact) mass is 322 g/mol. The van der Waals surface area contributed by atoms with Crippen LogP contribution in [0.25, 0.3) is 0 Å². The zero-order valence-corrected chi connectivity index (χ0v) is 15.7. The first-order valence-electron chi connectivity index (χ1n) is 8.59. The second-order valence-electron chi connectivity index (χ2n) is 6.23. The van der Waals surface area contributed by atoms with Crippen LogP contribution in [-0.2, 0) is 4.74 Å². The van der Waals surface area contributed by atoms with Crippen molar-refractivity contribution in [2.24, 2.45) is 0 Å². The summed E-state index contributed by atoms with van der Waals surface area (Å²) in [5.41, 5.74) is 0.930. The summed E-state index contributed by atoms with van der Waals surface area (Å²) >= 11 is 0. The molecule has 0 atom stereocenters. The van der Waals surface area contributed by atoms with Gasteiger partial charge >= 0.3 is 6.09 Å². The van der Waals surface area contributed by atoms with Gasteiger partial charge in [0.25, 0.3) is 0 Å². The molecule has 1 aromatic rings. The van der Waals surface area contributed by atoms with Gasteiger partial charge in [-0.15, -0.1) is 0 Å². The van der Waals surface area contributed by atoms with Gasteiger partial charge in [-0.2, -0.15) is 0 Å². The van der Waals surface area contributed by atoms with Crippen molar-refractivity contribution in [1.82, 2.24) is 10.2 Å². The van der Waals surface area contributed by atoms with Crippen molar-refractivity contribution in [3.05, 3.63) is 35.9 Å². The predicted molar refractivity (Wildman–Crippen MR) is 97.8 cm³/mol. The molecular formula is C19H34N2O2. The molecule has 0 bridgehead atoms. The van der Waals surface area contributed by atoms with E-state index in [0.717, 1.165) is 32.6 Å². The average Bonchev–Trinajstić information content (AvgIpc) is 2.78. The van der Waals surface area contributed by atoms with Gasteiger partial charge in [0.05, 0.1) is 0 Å². The largest absolute Gasteiger partial charge is 0.444 e. The molecule has 0 radical (unpaired) electrons. The molecule has 1 amide bonds. The number of hydrogen-bond donors (Lipinski definition) is 1. The van der Waals surface area contributed by atoms with E-state index >= 15 is 0 Å². The van der Waals surface area contributed by atoms with Crippen molar-refractivity contribution >= 4 is 6.09 Å². The molecule has 23 heavy (non-hydrogen) atoms. The molecule has 1 aliphatic heterocycles. The molecule has 1 fully saturated rings. The van der Waals surface area contributed by atoms with Gasteiger partial charge in [0, 0.05) is 19.6 Å². The molecule has 0 unspecified atom stereocenters. The van der Waals surface area contributed by atoms with Crippen molar-refractivity contribution in [1.29, 1.82) is 0 Å². The molecule has 4 heteroatoms. The first-order valence-corrected chi connectivity index (χ1v) is 8.59. The fourth-order valence-corrected chi connectivity index (χ4v) is 1.89. The number of amides is 1. The Balaban J connectivity index is 0.000000449. The summed E-state index contributed by atoms with van der Waals surface area (Å²) in [6, 6.07) is 10.3. The normalized spacial score (nSPS) is 14.4. The number of rotatable bonds is 0. The minimum atomic E-state index is -0.392. The molecule has 0 spiro atoms. The van der Waals surface area contributed by atoms with E-state index in [4.69, 9.17) is 4.74 Å². The van der Waals surface area contributed by atoms with Crippen LogP contribution in [0.2, 0.25) is 0 Å². The second-order valence-corrected chi connectivity index (χ2v) is 6.23. The molecule has 4 nitrogen and oxygen atoms in total. The van der Waals surface area contributed by atoms with Crippen LogP contribution in [0.1, 0.15) is 46.6 Å². The number of hydrogen-bond acceptors (Lipinski definition) is 3. The highest BCUT2D eigenvalue weighted by atomic mass is 16.6. The molecule has 1 N–H and O–H groups in total. The van der Waals surface area contributed by atoms with Crippen LogP contribution < -0.4 is 5.32 Å². The highest BCUT2D eigenvalue weighted by Gasteiger charge is 2.22. The van der Waals surface area contributed by atoms with E-state index in [1.807, 2.05) is 52.8 Å². The van der Waals surface area contributed by atoms with E-state index in [1.165, 1.54) is 5.56 Å². The molecule has 1 saturated heterocycles. The fraction of sp³-hybridized carbons (Fsp3) is 0.632. The zero-order valence-electron chi connectivity index (χ0n) is 15.7. The topological polar surface area (TPSA) is 41.6 Å². The molecule has 1 heterocycles. The number of carbonyl (C=O) groups is 1. The van der Waals surface area contributed by atoms with Gasteiger partial charge in [-0.25, -0.2) is 4.79 Å². The minimum absolute atomic E-state index is 0.193. The van der Waals surface area contributed by atoms with Gasteiger partial charge in [0.1, 0.15) is 5.60 Å². The lowest BCUT2D eigenvalue weighted by atomic mass is 10.2. The van der Waals surface area contributed by atoms with Crippen molar-refractivity contribution in [2.45, 2.75) is 53.6 Å². The predicted octanol–water partition coefficient (Wildman–Crippen LogP) is 4.24. The average molecular weight is 322 g/mol. The minimum Gasteiger partial charge on any atom is -0.444 e. The number of benzene rings is 1. The smallest absolute Gasteiger partial charge is 0.410 e. The first kappa shape index (κ1) is 21.4. The SMILES string of the molecule is CC.CC(C)(C)OC(=O)N1CCCNCC1.Cc1ccccc1. The van der Waals surface area contributed by atoms with E-state index in [-0.39, 0.29) is 6.09 Å². The Morgan fingerprint density at radius 2 is 1.70 bits per heavy atom. The van der Waals surface area contributed by atoms with Gasteiger partial charge in [0.2, 0.25) is 0 Å². The van der Waals surface area contributed by atoms with E-state index in [2.05, 4.69) is 24.4 Å². The van der Waals surface area contributed by atoms with E-state index in [9.17, 15) is 4.79 Å². The van der Waals surface area contributed by atoms with Crippen LogP contribution >= 0.6 is 0 Å². The number of nitrogens with zero attached hydrogens (tertiary/aromatic N) is 1. The third kappa shape index (κ3) is 11.6. The maximum absolute atomic E-state index is 11.6. The third-order valence-electron chi connectivity index (χ3n) is 2.93. The third-order valence-corrected chi connectivity index (χ3v) is 2.93. The Morgan fingerprint density at radius 3 is 2.17 bits per heavy atom. The summed E-state index contributed by atoms with van der Waals surface area (Å²) in [5, 5.41) is 3.25. The summed E-state index contributed by atoms with van der Waals surface area (Å²) < 4.78 is 5.29. The summed E-state index contributed by atoms with van der Waals surface area (Å²) in [6.45, 7) is 15.1. The van der Waals surface area contributed by atoms with Crippen LogP contribution in [0, 0.1) is 6.92 Å². The van der Waals surface area contributed by atoms with Gasteiger partial charge in [-0.1, -0.05) is 49.7 Å². The quantitative estimate of drug-likeness (QED) is 0.777. The number of aryl methyl sites for hydroxylation is 1. The Labute approximate surface area is 142 Å². The van der Waals surface area contributed by atoms with E-state index in [1.54, 1.807) is 4.90 Å². The van der Waals surface area contributed by atoms with Crippen LogP contribution in [-0.4, -0.2) is 42.8 Å². The number of carbonyl (C=O) groups excluding carboxylic acids is 1. The molecule has 0 saturated carbocycles. The summed E-state index contributed by atoms with van der Waals surface area (Å²) in [6.07, 6.45) is 0.806. The second kappa shape index (κ2) is 11.9. The summed E-state index contributed by atoms with van der Waals surface area (Å²) in [7, 11) is 0.